The molecular weight excluding hydrogens is 438 g/mol. The van der Waals surface area contributed by atoms with Crippen molar-refractivity contribution in [2.45, 2.75) is 109 Å². The van der Waals surface area contributed by atoms with Gasteiger partial charge >= 0.3 is 0 Å². The number of aliphatic hydroxyl groups is 1. The fourth-order valence-electron chi connectivity index (χ4n) is 5.02. The summed E-state index contributed by atoms with van der Waals surface area (Å²) in [7, 11) is 0. The van der Waals surface area contributed by atoms with Crippen LogP contribution in [0.1, 0.15) is 72.6 Å². The average molecular weight is 480 g/mol. The number of nitrogens with two attached hydrogens (primary N) is 1. The highest BCUT2D eigenvalue weighted by molar-refractivity contribution is 5.94. The molecule has 1 saturated heterocycles. The van der Waals surface area contributed by atoms with Gasteiger partial charge in [-0.3, -0.25) is 19.2 Å². The van der Waals surface area contributed by atoms with E-state index in [1.54, 1.807) is 11.8 Å². The van der Waals surface area contributed by atoms with Gasteiger partial charge in [-0.25, -0.2) is 0 Å². The molecule has 3 rings (SSSR count). The zero-order valence-corrected chi connectivity index (χ0v) is 20.8. The highest BCUT2D eigenvalue weighted by Gasteiger charge is 2.50. The van der Waals surface area contributed by atoms with Crippen LogP contribution in [0.15, 0.2) is 0 Å². The summed E-state index contributed by atoms with van der Waals surface area (Å²) < 4.78 is 0. The number of amides is 4. The van der Waals surface area contributed by atoms with Crippen LogP contribution in [0.2, 0.25) is 0 Å². The lowest BCUT2D eigenvalue weighted by atomic mass is 9.83. The van der Waals surface area contributed by atoms with Crippen molar-refractivity contribution in [1.29, 1.82) is 0 Å². The number of aliphatic hydroxyl groups excluding tert-OH is 1. The number of carbonyl (C=O) groups is 4. The number of hydrogen-bond acceptors (Lipinski definition) is 6. The molecule has 0 aromatic rings. The van der Waals surface area contributed by atoms with E-state index >= 15 is 0 Å². The maximum absolute atomic E-state index is 13.9. The van der Waals surface area contributed by atoms with E-state index in [1.165, 1.54) is 0 Å². The molecule has 3 fully saturated rings. The Bertz CT molecular complexity index is 791. The molecule has 10 heteroatoms. The summed E-state index contributed by atoms with van der Waals surface area (Å²) in [6.07, 6.45) is 4.78. The Morgan fingerprint density at radius 2 is 1.71 bits per heavy atom. The van der Waals surface area contributed by atoms with E-state index in [9.17, 15) is 24.3 Å². The molecule has 5 unspecified atom stereocenters. The molecule has 6 atom stereocenters. The lowest BCUT2D eigenvalue weighted by molar-refractivity contribution is -0.146. The minimum atomic E-state index is -1.34. The Morgan fingerprint density at radius 1 is 1.06 bits per heavy atom. The molecule has 34 heavy (non-hydrogen) atoms. The number of hydrogen-bond donors (Lipinski definition) is 5. The number of nitrogens with one attached hydrogen (secondary N) is 3. The van der Waals surface area contributed by atoms with Gasteiger partial charge in [0.2, 0.25) is 17.7 Å². The second-order valence-corrected chi connectivity index (χ2v) is 11.2. The van der Waals surface area contributed by atoms with E-state index < -0.39 is 41.5 Å². The molecule has 1 heterocycles. The van der Waals surface area contributed by atoms with E-state index in [4.69, 9.17) is 5.73 Å². The Balaban J connectivity index is 1.75. The maximum Gasteiger partial charge on any atom is 0.250 e. The number of fused-ring (bicyclic) bond motifs is 1. The molecule has 2 saturated carbocycles. The van der Waals surface area contributed by atoms with Crippen LogP contribution in [-0.4, -0.2) is 76.5 Å². The van der Waals surface area contributed by atoms with Crippen LogP contribution in [0.3, 0.4) is 0 Å². The van der Waals surface area contributed by atoms with Crippen LogP contribution in [0.4, 0.5) is 0 Å². The SMILES string of the molecule is CC(N)C(=O)NC(C(=O)N1C(C(=O)NCC(O)C(=O)NC2CC2)CC2CCCC[C@@H]21)C(C)(C)C. The Hall–Kier alpha value is -2.20. The largest absolute Gasteiger partial charge is 0.381 e. The smallest absolute Gasteiger partial charge is 0.250 e. The van der Waals surface area contributed by atoms with Crippen LogP contribution in [0.5, 0.6) is 0 Å². The van der Waals surface area contributed by atoms with E-state index in [0.29, 0.717) is 6.42 Å². The molecule has 3 aliphatic rings. The van der Waals surface area contributed by atoms with Crippen molar-refractivity contribution in [3.63, 3.8) is 0 Å². The first-order chi connectivity index (χ1) is 15.9. The van der Waals surface area contributed by atoms with Crippen LogP contribution in [0, 0.1) is 11.3 Å². The minimum absolute atomic E-state index is 0.0721. The molecule has 4 amide bonds. The third kappa shape index (κ3) is 6.27. The highest BCUT2D eigenvalue weighted by Crippen LogP contribution is 2.41. The van der Waals surface area contributed by atoms with Gasteiger partial charge in [0, 0.05) is 12.1 Å². The summed E-state index contributed by atoms with van der Waals surface area (Å²) in [6, 6.07) is -2.27. The van der Waals surface area contributed by atoms with E-state index in [2.05, 4.69) is 16.0 Å². The first-order valence-electron chi connectivity index (χ1n) is 12.5. The average Bonchev–Trinajstić information content (AvgIpc) is 3.49. The minimum Gasteiger partial charge on any atom is -0.381 e. The molecule has 0 aromatic heterocycles. The van der Waals surface area contributed by atoms with Crippen LogP contribution < -0.4 is 21.7 Å². The van der Waals surface area contributed by atoms with Crippen molar-refractivity contribution < 1.29 is 24.3 Å². The summed E-state index contributed by atoms with van der Waals surface area (Å²) in [5.74, 6) is -1.38. The first-order valence-corrected chi connectivity index (χ1v) is 12.5. The van der Waals surface area contributed by atoms with Gasteiger partial charge in [0.1, 0.15) is 18.2 Å². The monoisotopic (exact) mass is 479 g/mol. The number of nitrogens with zero attached hydrogens (tertiary/aromatic N) is 1. The van der Waals surface area contributed by atoms with E-state index in [-0.39, 0.29) is 36.4 Å². The van der Waals surface area contributed by atoms with Crippen molar-refractivity contribution in [2.75, 3.05) is 6.54 Å². The number of carbonyl (C=O) groups excluding carboxylic acids is 4. The summed E-state index contributed by atoms with van der Waals surface area (Å²) >= 11 is 0. The number of rotatable bonds is 8. The molecular formula is C24H41N5O5. The van der Waals surface area contributed by atoms with Crippen LogP contribution in [0.25, 0.3) is 0 Å². The highest BCUT2D eigenvalue weighted by atomic mass is 16.3. The maximum atomic E-state index is 13.9. The second-order valence-electron chi connectivity index (χ2n) is 11.2. The van der Waals surface area contributed by atoms with Gasteiger partial charge in [-0.1, -0.05) is 33.6 Å². The van der Waals surface area contributed by atoms with Crippen LogP contribution >= 0.6 is 0 Å². The Morgan fingerprint density at radius 3 is 2.29 bits per heavy atom. The fourth-order valence-corrected chi connectivity index (χ4v) is 5.02. The molecule has 0 aromatic carbocycles. The topological polar surface area (TPSA) is 154 Å². The van der Waals surface area contributed by atoms with E-state index in [0.717, 1.165) is 38.5 Å². The van der Waals surface area contributed by atoms with Gasteiger partial charge < -0.3 is 31.7 Å². The molecule has 192 valence electrons. The zero-order valence-electron chi connectivity index (χ0n) is 20.8. The lowest BCUT2D eigenvalue weighted by Gasteiger charge is -2.39. The molecule has 2 aliphatic carbocycles. The van der Waals surface area contributed by atoms with Gasteiger partial charge in [-0.2, -0.15) is 0 Å². The Labute approximate surface area is 201 Å². The molecule has 0 spiro atoms. The molecule has 0 radical (unpaired) electrons. The van der Waals surface area contributed by atoms with Gasteiger partial charge in [0.25, 0.3) is 5.91 Å². The van der Waals surface area contributed by atoms with Gasteiger partial charge in [-0.15, -0.1) is 0 Å². The van der Waals surface area contributed by atoms with Crippen molar-refractivity contribution in [3.8, 4) is 0 Å². The van der Waals surface area contributed by atoms with Gasteiger partial charge in [0.15, 0.2) is 0 Å². The zero-order chi connectivity index (χ0) is 25.2. The Kier molecular flexibility index (Phi) is 8.23. The number of likely N-dealkylation sites (tertiary alicyclic amines) is 1. The van der Waals surface area contributed by atoms with Crippen LogP contribution in [-0.2, 0) is 19.2 Å². The standard InChI is InChI=1S/C24H41N5O5/c1-13(25)20(31)28-19(24(2,3)4)23(34)29-16-8-6-5-7-14(16)11-17(29)21(32)26-12-18(30)22(33)27-15-9-10-15/h13-19,30H,5-12,25H2,1-4H3,(H,26,32)(H,27,33)(H,28,31)/t13?,14?,16-,17?,18?,19?/m0/s1. The van der Waals surface area contributed by atoms with E-state index in [1.807, 2.05) is 20.8 Å². The lowest BCUT2D eigenvalue weighted by Crippen LogP contribution is -2.61. The van der Waals surface area contributed by atoms with Gasteiger partial charge in [0.05, 0.1) is 12.6 Å². The molecule has 10 nitrogen and oxygen atoms in total. The molecule has 1 aliphatic heterocycles. The summed E-state index contributed by atoms with van der Waals surface area (Å²) in [5.41, 5.74) is 5.14. The van der Waals surface area contributed by atoms with Crippen molar-refractivity contribution in [2.24, 2.45) is 17.1 Å². The predicted molar refractivity (Wildman–Crippen MR) is 126 cm³/mol. The van der Waals surface area contributed by atoms with Gasteiger partial charge in [-0.05, 0) is 50.4 Å². The van der Waals surface area contributed by atoms with Crippen molar-refractivity contribution in [3.05, 3.63) is 0 Å². The van der Waals surface area contributed by atoms with Crippen molar-refractivity contribution >= 4 is 23.6 Å². The summed E-state index contributed by atoms with van der Waals surface area (Å²) in [6.45, 7) is 6.96. The summed E-state index contributed by atoms with van der Waals surface area (Å²) in [4.78, 5) is 53.2. The molecule has 0 bridgehead atoms. The van der Waals surface area contributed by atoms with Crippen molar-refractivity contribution in [1.82, 2.24) is 20.9 Å². The quantitative estimate of drug-likeness (QED) is 0.324. The third-order valence-corrected chi connectivity index (χ3v) is 7.15. The second kappa shape index (κ2) is 10.6. The molecule has 6 N–H and O–H groups in total. The fraction of sp³-hybridized carbons (Fsp3) is 0.833. The third-order valence-electron chi connectivity index (χ3n) is 7.15. The summed E-state index contributed by atoms with van der Waals surface area (Å²) in [5, 5.41) is 18.3. The normalized spacial score (nSPS) is 27.2. The first kappa shape index (κ1) is 26.4. The predicted octanol–water partition coefficient (Wildman–Crippen LogP) is -0.220.